The fourth-order valence-corrected chi connectivity index (χ4v) is 2.19. The van der Waals surface area contributed by atoms with Crippen LogP contribution in [0.3, 0.4) is 0 Å². The first-order chi connectivity index (χ1) is 6.81. The van der Waals surface area contributed by atoms with Gasteiger partial charge in [-0.1, -0.05) is 24.3 Å². The number of aliphatic hydroxyl groups is 1. The quantitative estimate of drug-likeness (QED) is 0.661. The van der Waals surface area contributed by atoms with Gasteiger partial charge in [-0.25, -0.2) is 0 Å². The molecule has 1 aromatic carbocycles. The molecule has 2 heteroatoms. The van der Waals surface area contributed by atoms with Crippen molar-refractivity contribution in [3.05, 3.63) is 35.4 Å². The van der Waals surface area contributed by atoms with Crippen LogP contribution in [0.25, 0.3) is 0 Å². The van der Waals surface area contributed by atoms with Gasteiger partial charge >= 0.3 is 0 Å². The molecule has 2 nitrogen and oxygen atoms in total. The molecule has 1 aliphatic rings. The summed E-state index contributed by atoms with van der Waals surface area (Å²) < 4.78 is 0. The maximum atomic E-state index is 10.0. The van der Waals surface area contributed by atoms with Gasteiger partial charge in [0.25, 0.3) is 0 Å². The van der Waals surface area contributed by atoms with E-state index in [9.17, 15) is 5.11 Å². The zero-order chi connectivity index (χ0) is 9.97. The summed E-state index contributed by atoms with van der Waals surface area (Å²) in [6, 6.07) is 8.65. The lowest BCUT2D eigenvalue weighted by molar-refractivity contribution is 0.155. The Morgan fingerprint density at radius 2 is 2.14 bits per heavy atom. The van der Waals surface area contributed by atoms with E-state index in [1.54, 1.807) is 0 Å². The molecule has 0 saturated carbocycles. The van der Waals surface area contributed by atoms with Crippen molar-refractivity contribution in [1.29, 1.82) is 0 Å². The minimum atomic E-state index is -0.300. The van der Waals surface area contributed by atoms with E-state index in [1.165, 1.54) is 5.56 Å². The van der Waals surface area contributed by atoms with Gasteiger partial charge in [0.1, 0.15) is 0 Å². The predicted molar refractivity (Wildman–Crippen MR) is 57.2 cm³/mol. The lowest BCUT2D eigenvalue weighted by atomic mass is 10.0. The molecule has 2 atom stereocenters. The normalized spacial score (nSPS) is 26.7. The molecule has 0 aromatic heterocycles. The van der Waals surface area contributed by atoms with Crippen LogP contribution in [0.15, 0.2) is 24.3 Å². The minimum absolute atomic E-state index is 0.300. The summed E-state index contributed by atoms with van der Waals surface area (Å²) in [5, 5.41) is 13.3. The van der Waals surface area contributed by atoms with Gasteiger partial charge in [-0.2, -0.15) is 0 Å². The van der Waals surface area contributed by atoms with Gasteiger partial charge in [-0.3, -0.25) is 0 Å². The van der Waals surface area contributed by atoms with Crippen molar-refractivity contribution in [2.24, 2.45) is 0 Å². The number of rotatable bonds is 1. The lowest BCUT2D eigenvalue weighted by Crippen LogP contribution is -2.26. The molecule has 0 saturated heterocycles. The SMILES string of the molecule is CNC1CCc2ccccc2C(O)C1. The number of nitrogens with one attached hydrogen (secondary N) is 1. The third-order valence-corrected chi connectivity index (χ3v) is 3.09. The van der Waals surface area contributed by atoms with Gasteiger partial charge in [-0.15, -0.1) is 0 Å². The molecule has 2 N–H and O–H groups in total. The number of hydrogen-bond acceptors (Lipinski definition) is 2. The number of aryl methyl sites for hydroxylation is 1. The van der Waals surface area contributed by atoms with Crippen LogP contribution >= 0.6 is 0 Å². The van der Waals surface area contributed by atoms with Crippen LogP contribution in [0.2, 0.25) is 0 Å². The standard InChI is InChI=1S/C12H17NO/c1-13-10-7-6-9-4-2-3-5-11(9)12(14)8-10/h2-5,10,12-14H,6-8H2,1H3. The van der Waals surface area contributed by atoms with Crippen LogP contribution in [0.5, 0.6) is 0 Å². The molecule has 1 aliphatic carbocycles. The van der Waals surface area contributed by atoms with Gasteiger partial charge in [-0.05, 0) is 37.4 Å². The Hall–Kier alpha value is -0.860. The van der Waals surface area contributed by atoms with Crippen molar-refractivity contribution < 1.29 is 5.11 Å². The van der Waals surface area contributed by atoms with Crippen LogP contribution in [0, 0.1) is 0 Å². The van der Waals surface area contributed by atoms with Crippen molar-refractivity contribution >= 4 is 0 Å². The van der Waals surface area contributed by atoms with Crippen molar-refractivity contribution in [3.8, 4) is 0 Å². The van der Waals surface area contributed by atoms with Gasteiger partial charge in [0.2, 0.25) is 0 Å². The van der Waals surface area contributed by atoms with E-state index in [2.05, 4.69) is 11.4 Å². The minimum Gasteiger partial charge on any atom is -0.388 e. The number of benzene rings is 1. The molecular weight excluding hydrogens is 174 g/mol. The smallest absolute Gasteiger partial charge is 0.0807 e. The van der Waals surface area contributed by atoms with Crippen LogP contribution in [-0.2, 0) is 6.42 Å². The molecule has 0 aliphatic heterocycles. The Bertz CT molecular complexity index is 311. The zero-order valence-corrected chi connectivity index (χ0v) is 8.53. The van der Waals surface area contributed by atoms with Crippen LogP contribution in [0.1, 0.15) is 30.1 Å². The number of hydrogen-bond donors (Lipinski definition) is 2. The zero-order valence-electron chi connectivity index (χ0n) is 8.53. The fourth-order valence-electron chi connectivity index (χ4n) is 2.19. The van der Waals surface area contributed by atoms with Crippen LogP contribution in [-0.4, -0.2) is 18.2 Å². The Morgan fingerprint density at radius 1 is 1.36 bits per heavy atom. The highest BCUT2D eigenvalue weighted by Crippen LogP contribution is 2.28. The van der Waals surface area contributed by atoms with Crippen molar-refractivity contribution in [3.63, 3.8) is 0 Å². The van der Waals surface area contributed by atoms with E-state index in [0.717, 1.165) is 24.8 Å². The maximum Gasteiger partial charge on any atom is 0.0807 e. The highest BCUT2D eigenvalue weighted by Gasteiger charge is 2.21. The molecule has 0 radical (unpaired) electrons. The van der Waals surface area contributed by atoms with E-state index in [1.807, 2.05) is 25.2 Å². The summed E-state index contributed by atoms with van der Waals surface area (Å²) in [6.07, 6.45) is 2.71. The van der Waals surface area contributed by atoms with Crippen molar-refractivity contribution in [1.82, 2.24) is 5.32 Å². The molecule has 2 unspecified atom stereocenters. The van der Waals surface area contributed by atoms with Gasteiger partial charge in [0.05, 0.1) is 6.10 Å². The molecule has 14 heavy (non-hydrogen) atoms. The summed E-state index contributed by atoms with van der Waals surface area (Å²) in [4.78, 5) is 0. The molecule has 2 rings (SSSR count). The largest absolute Gasteiger partial charge is 0.388 e. The summed E-state index contributed by atoms with van der Waals surface area (Å²) in [5.74, 6) is 0. The lowest BCUT2D eigenvalue weighted by Gasteiger charge is -2.15. The second kappa shape index (κ2) is 4.11. The molecule has 0 fully saturated rings. The van der Waals surface area contributed by atoms with E-state index in [4.69, 9.17) is 0 Å². The van der Waals surface area contributed by atoms with Gasteiger partial charge in [0.15, 0.2) is 0 Å². The average molecular weight is 191 g/mol. The molecular formula is C12H17NO. The molecule has 76 valence electrons. The predicted octanol–water partition coefficient (Wildman–Crippen LogP) is 1.64. The third kappa shape index (κ3) is 1.81. The van der Waals surface area contributed by atoms with E-state index in [-0.39, 0.29) is 6.10 Å². The topological polar surface area (TPSA) is 32.3 Å². The Labute approximate surface area is 85.0 Å². The van der Waals surface area contributed by atoms with Gasteiger partial charge in [0, 0.05) is 6.04 Å². The fraction of sp³-hybridized carbons (Fsp3) is 0.500. The third-order valence-electron chi connectivity index (χ3n) is 3.09. The first-order valence-electron chi connectivity index (χ1n) is 5.24. The molecule has 0 amide bonds. The van der Waals surface area contributed by atoms with Crippen molar-refractivity contribution in [2.75, 3.05) is 7.05 Å². The first-order valence-corrected chi connectivity index (χ1v) is 5.24. The summed E-state index contributed by atoms with van der Waals surface area (Å²) in [6.45, 7) is 0. The summed E-state index contributed by atoms with van der Waals surface area (Å²) in [7, 11) is 1.97. The molecule has 0 bridgehead atoms. The second-order valence-electron chi connectivity index (χ2n) is 3.97. The Balaban J connectivity index is 2.26. The molecule has 0 spiro atoms. The summed E-state index contributed by atoms with van der Waals surface area (Å²) >= 11 is 0. The van der Waals surface area contributed by atoms with Crippen molar-refractivity contribution in [2.45, 2.75) is 31.4 Å². The number of fused-ring (bicyclic) bond motifs is 1. The monoisotopic (exact) mass is 191 g/mol. The van der Waals surface area contributed by atoms with E-state index in [0.29, 0.717) is 6.04 Å². The Morgan fingerprint density at radius 3 is 2.93 bits per heavy atom. The highest BCUT2D eigenvalue weighted by atomic mass is 16.3. The maximum absolute atomic E-state index is 10.0. The van der Waals surface area contributed by atoms with Crippen LogP contribution < -0.4 is 5.32 Å². The average Bonchev–Trinajstić information content (AvgIpc) is 2.39. The highest BCUT2D eigenvalue weighted by molar-refractivity contribution is 5.30. The molecule has 1 aromatic rings. The Kier molecular flexibility index (Phi) is 2.85. The van der Waals surface area contributed by atoms with E-state index < -0.39 is 0 Å². The molecule has 0 heterocycles. The second-order valence-corrected chi connectivity index (χ2v) is 3.97. The van der Waals surface area contributed by atoms with Gasteiger partial charge < -0.3 is 10.4 Å². The first kappa shape index (κ1) is 9.69. The summed E-state index contributed by atoms with van der Waals surface area (Å²) in [5.41, 5.74) is 2.42. The van der Waals surface area contributed by atoms with E-state index >= 15 is 0 Å². The van der Waals surface area contributed by atoms with Crippen LogP contribution in [0.4, 0.5) is 0 Å². The number of aliphatic hydroxyl groups excluding tert-OH is 1.